The van der Waals surface area contributed by atoms with E-state index in [9.17, 15) is 9.90 Å². The third-order valence-electron chi connectivity index (χ3n) is 6.93. The summed E-state index contributed by atoms with van der Waals surface area (Å²) in [6, 6.07) is 5.65. The minimum absolute atomic E-state index is 0.00859. The van der Waals surface area contributed by atoms with Crippen molar-refractivity contribution in [1.29, 1.82) is 0 Å². The van der Waals surface area contributed by atoms with Crippen molar-refractivity contribution >= 4 is 21.8 Å². The largest absolute Gasteiger partial charge is 0.483 e. The molecule has 26 heavy (non-hydrogen) atoms. The predicted octanol–water partition coefficient (Wildman–Crippen LogP) is 4.04. The van der Waals surface area contributed by atoms with Crippen LogP contribution in [0.25, 0.3) is 0 Å². The van der Waals surface area contributed by atoms with Crippen LogP contribution in [0.4, 0.5) is 0 Å². The molecule has 0 saturated heterocycles. The SMILES string of the molecule is C[C@H](NC(=O)COc1ccc(Br)cc1CO)C12CC3CC(CC(C3)C1)C2. The van der Waals surface area contributed by atoms with Crippen LogP contribution in [-0.4, -0.2) is 23.7 Å². The van der Waals surface area contributed by atoms with Crippen LogP contribution in [-0.2, 0) is 11.4 Å². The molecule has 0 spiro atoms. The summed E-state index contributed by atoms with van der Waals surface area (Å²) in [5.41, 5.74) is 0.986. The molecule has 1 aromatic carbocycles. The first-order valence-corrected chi connectivity index (χ1v) is 10.6. The van der Waals surface area contributed by atoms with E-state index in [4.69, 9.17) is 4.74 Å². The first-order chi connectivity index (χ1) is 12.5. The molecule has 4 bridgehead atoms. The minimum Gasteiger partial charge on any atom is -0.483 e. The zero-order valence-electron chi connectivity index (χ0n) is 15.3. The van der Waals surface area contributed by atoms with Crippen LogP contribution in [0, 0.1) is 23.2 Å². The van der Waals surface area contributed by atoms with Crippen molar-refractivity contribution in [2.24, 2.45) is 23.2 Å². The number of hydrogen-bond acceptors (Lipinski definition) is 3. The second kappa shape index (κ2) is 7.16. The standard InChI is InChI=1S/C21H28BrNO3/c1-13(21-8-14-4-15(9-21)6-16(5-14)10-21)23-20(25)12-26-19-3-2-18(22)7-17(19)11-24/h2-3,7,13-16,24H,4-6,8-12H2,1H3,(H,23,25)/t13-,14?,15?,16?,21?/m0/s1. The average molecular weight is 422 g/mol. The third kappa shape index (κ3) is 3.53. The normalized spacial score (nSPS) is 33.1. The highest BCUT2D eigenvalue weighted by Crippen LogP contribution is 2.61. The van der Waals surface area contributed by atoms with Gasteiger partial charge in [0, 0.05) is 16.1 Å². The number of ether oxygens (including phenoxy) is 1. The number of nitrogens with one attached hydrogen (secondary N) is 1. The van der Waals surface area contributed by atoms with Gasteiger partial charge in [-0.1, -0.05) is 15.9 Å². The number of halogens is 1. The van der Waals surface area contributed by atoms with Gasteiger partial charge in [-0.3, -0.25) is 4.79 Å². The molecule has 0 aromatic heterocycles. The first kappa shape index (κ1) is 18.3. The Morgan fingerprint density at radius 3 is 2.46 bits per heavy atom. The van der Waals surface area contributed by atoms with Crippen LogP contribution >= 0.6 is 15.9 Å². The Kier molecular flexibility index (Phi) is 5.04. The van der Waals surface area contributed by atoms with Crippen molar-refractivity contribution in [1.82, 2.24) is 5.32 Å². The number of amides is 1. The number of benzene rings is 1. The molecule has 0 unspecified atom stereocenters. The Morgan fingerprint density at radius 1 is 1.27 bits per heavy atom. The fraction of sp³-hybridized carbons (Fsp3) is 0.667. The van der Waals surface area contributed by atoms with Gasteiger partial charge in [0.15, 0.2) is 6.61 Å². The summed E-state index contributed by atoms with van der Waals surface area (Å²) in [7, 11) is 0. The van der Waals surface area contributed by atoms with E-state index < -0.39 is 0 Å². The van der Waals surface area contributed by atoms with E-state index in [1.54, 1.807) is 6.07 Å². The van der Waals surface area contributed by atoms with Crippen molar-refractivity contribution in [2.45, 2.75) is 58.1 Å². The molecular weight excluding hydrogens is 394 g/mol. The molecule has 5 heteroatoms. The minimum atomic E-state index is -0.111. The first-order valence-electron chi connectivity index (χ1n) is 9.79. The van der Waals surface area contributed by atoms with E-state index in [0.29, 0.717) is 16.7 Å². The molecule has 142 valence electrons. The highest BCUT2D eigenvalue weighted by atomic mass is 79.9. The molecule has 5 rings (SSSR count). The van der Waals surface area contributed by atoms with E-state index in [2.05, 4.69) is 28.2 Å². The maximum atomic E-state index is 12.5. The lowest BCUT2D eigenvalue weighted by molar-refractivity contribution is -0.127. The Balaban J connectivity index is 1.35. The lowest BCUT2D eigenvalue weighted by atomic mass is 9.48. The molecule has 0 radical (unpaired) electrons. The summed E-state index contributed by atoms with van der Waals surface area (Å²) in [5.74, 6) is 3.14. The molecular formula is C21H28BrNO3. The maximum absolute atomic E-state index is 12.5. The van der Waals surface area contributed by atoms with Crippen molar-refractivity contribution in [3.05, 3.63) is 28.2 Å². The Hall–Kier alpha value is -1.07. The van der Waals surface area contributed by atoms with Gasteiger partial charge in [-0.15, -0.1) is 0 Å². The number of rotatable bonds is 6. The van der Waals surface area contributed by atoms with Gasteiger partial charge in [-0.25, -0.2) is 0 Å². The molecule has 2 N–H and O–H groups in total. The Labute approximate surface area is 163 Å². The summed E-state index contributed by atoms with van der Waals surface area (Å²) >= 11 is 3.38. The number of aliphatic hydroxyl groups is 1. The van der Waals surface area contributed by atoms with Crippen LogP contribution in [0.2, 0.25) is 0 Å². The van der Waals surface area contributed by atoms with Crippen molar-refractivity contribution in [3.63, 3.8) is 0 Å². The quantitative estimate of drug-likeness (QED) is 0.728. The van der Waals surface area contributed by atoms with Crippen LogP contribution in [0.3, 0.4) is 0 Å². The van der Waals surface area contributed by atoms with Crippen molar-refractivity contribution < 1.29 is 14.6 Å². The zero-order chi connectivity index (χ0) is 18.3. The summed E-state index contributed by atoms with van der Waals surface area (Å²) in [4.78, 5) is 12.5. The summed E-state index contributed by atoms with van der Waals surface area (Å²) in [6.45, 7) is 2.06. The molecule has 1 atom stereocenters. The van der Waals surface area contributed by atoms with Crippen molar-refractivity contribution in [2.75, 3.05) is 6.61 Å². The van der Waals surface area contributed by atoms with Gasteiger partial charge in [-0.2, -0.15) is 0 Å². The van der Waals surface area contributed by atoms with Crippen molar-refractivity contribution in [3.8, 4) is 5.75 Å². The summed E-state index contributed by atoms with van der Waals surface area (Å²) in [6.07, 6.45) is 8.08. The van der Waals surface area contributed by atoms with Gasteiger partial charge in [0.25, 0.3) is 5.91 Å². The van der Waals surface area contributed by atoms with Gasteiger partial charge >= 0.3 is 0 Å². The number of carbonyl (C=O) groups excluding carboxylic acids is 1. The fourth-order valence-corrected chi connectivity index (χ4v) is 6.51. The molecule has 4 saturated carbocycles. The second-order valence-corrected chi connectivity index (χ2v) is 9.68. The lowest BCUT2D eigenvalue weighted by Gasteiger charge is -2.59. The predicted molar refractivity (Wildman–Crippen MR) is 104 cm³/mol. The van der Waals surface area contributed by atoms with E-state index >= 15 is 0 Å². The van der Waals surface area contributed by atoms with Crippen LogP contribution in [0.15, 0.2) is 22.7 Å². The van der Waals surface area contributed by atoms with E-state index in [0.717, 1.165) is 22.2 Å². The second-order valence-electron chi connectivity index (χ2n) is 8.77. The maximum Gasteiger partial charge on any atom is 0.258 e. The smallest absolute Gasteiger partial charge is 0.258 e. The van der Waals surface area contributed by atoms with Gasteiger partial charge in [0.2, 0.25) is 0 Å². The molecule has 4 fully saturated rings. The Morgan fingerprint density at radius 2 is 1.88 bits per heavy atom. The summed E-state index contributed by atoms with van der Waals surface area (Å²) in [5, 5.41) is 12.7. The number of aliphatic hydroxyl groups excluding tert-OH is 1. The van der Waals surface area contributed by atoms with Gasteiger partial charge in [0.1, 0.15) is 5.75 Å². The molecule has 4 aliphatic rings. The zero-order valence-corrected chi connectivity index (χ0v) is 16.9. The molecule has 1 amide bonds. The van der Waals surface area contributed by atoms with E-state index in [-0.39, 0.29) is 25.2 Å². The van der Waals surface area contributed by atoms with Gasteiger partial charge in [-0.05, 0) is 86.8 Å². The molecule has 1 aromatic rings. The van der Waals surface area contributed by atoms with Crippen LogP contribution in [0.5, 0.6) is 5.75 Å². The Bertz CT molecular complexity index is 655. The monoisotopic (exact) mass is 421 g/mol. The summed E-state index contributed by atoms with van der Waals surface area (Å²) < 4.78 is 6.55. The van der Waals surface area contributed by atoms with Crippen LogP contribution in [0.1, 0.15) is 51.0 Å². The van der Waals surface area contributed by atoms with Gasteiger partial charge < -0.3 is 15.2 Å². The fourth-order valence-electron chi connectivity index (χ4n) is 6.10. The highest BCUT2D eigenvalue weighted by molar-refractivity contribution is 9.10. The number of carbonyl (C=O) groups is 1. The third-order valence-corrected chi connectivity index (χ3v) is 7.43. The van der Waals surface area contributed by atoms with E-state index in [1.165, 1.54) is 38.5 Å². The molecule has 0 aliphatic heterocycles. The molecule has 4 nitrogen and oxygen atoms in total. The highest BCUT2D eigenvalue weighted by Gasteiger charge is 2.53. The van der Waals surface area contributed by atoms with E-state index in [1.807, 2.05) is 12.1 Å². The topological polar surface area (TPSA) is 58.6 Å². The molecule has 4 aliphatic carbocycles. The number of hydrogen-bond donors (Lipinski definition) is 2. The average Bonchev–Trinajstić information content (AvgIpc) is 2.59. The lowest BCUT2D eigenvalue weighted by Crippen LogP contribution is -2.56. The van der Waals surface area contributed by atoms with Gasteiger partial charge in [0.05, 0.1) is 6.61 Å². The van der Waals surface area contributed by atoms with Crippen LogP contribution < -0.4 is 10.1 Å². The molecule has 0 heterocycles.